The topological polar surface area (TPSA) is 48.5 Å². The van der Waals surface area contributed by atoms with E-state index in [1.54, 1.807) is 0 Å². The zero-order valence-electron chi connectivity index (χ0n) is 44.8. The Bertz CT molecular complexity index is 4580. The molecule has 15 aromatic rings. The molecule has 0 saturated carbocycles. The van der Waals surface area contributed by atoms with Crippen LogP contribution in [-0.4, -0.2) is 40.2 Å². The van der Waals surface area contributed by atoms with E-state index >= 15 is 0 Å². The van der Waals surface area contributed by atoms with Gasteiger partial charge < -0.3 is 4.57 Å². The van der Waals surface area contributed by atoms with Crippen molar-refractivity contribution >= 4 is 101 Å². The zero-order chi connectivity index (χ0) is 54.5. The fourth-order valence-corrected chi connectivity index (χ4v) is 22.7. The lowest BCUT2D eigenvalue weighted by atomic mass is 10.1. The van der Waals surface area contributed by atoms with Crippen molar-refractivity contribution in [3.05, 3.63) is 322 Å². The summed E-state index contributed by atoms with van der Waals surface area (Å²) in [7, 11) is -5.84. The molecule has 3 heterocycles. The van der Waals surface area contributed by atoms with E-state index in [-0.39, 0.29) is 0 Å². The van der Waals surface area contributed by atoms with Gasteiger partial charge in [-0.15, -0.1) is 0 Å². The Morgan fingerprint density at radius 3 is 1.16 bits per heavy atom. The van der Waals surface area contributed by atoms with Crippen molar-refractivity contribution in [3.8, 4) is 34.4 Å². The first-order valence-electron chi connectivity index (χ1n) is 28.0. The van der Waals surface area contributed by atoms with Crippen LogP contribution in [0.1, 0.15) is 0 Å². The molecular weight excluding hydrogens is 1030 g/mol. The Morgan fingerprint density at radius 1 is 0.244 bits per heavy atom. The minimum atomic E-state index is -2.93. The third kappa shape index (κ3) is 7.85. The lowest BCUT2D eigenvalue weighted by Crippen LogP contribution is -2.74. The number of fused-ring (bicyclic) bond motifs is 7. The fraction of sp³-hybridized carbons (Fsp3) is 0. The first-order valence-corrected chi connectivity index (χ1v) is 32.0. The van der Waals surface area contributed by atoms with E-state index < -0.39 is 16.1 Å². The number of para-hydroxylation sites is 2. The normalized spacial score (nSPS) is 11.9. The maximum Gasteiger partial charge on any atom is 0.238 e. The molecule has 0 spiro atoms. The van der Waals surface area contributed by atoms with Crippen LogP contribution in [0.3, 0.4) is 0 Å². The van der Waals surface area contributed by atoms with Crippen LogP contribution >= 0.6 is 0 Å². The van der Waals surface area contributed by atoms with Crippen molar-refractivity contribution in [2.24, 2.45) is 0 Å². The lowest BCUT2D eigenvalue weighted by Gasteiger charge is -2.34. The molecule has 5 nitrogen and oxygen atoms in total. The Balaban J connectivity index is 1.02. The van der Waals surface area contributed by atoms with Gasteiger partial charge in [-0.05, 0) is 71.8 Å². The minimum absolute atomic E-state index is 0.548. The van der Waals surface area contributed by atoms with Crippen molar-refractivity contribution in [2.75, 3.05) is 0 Å². The predicted octanol–water partition coefficient (Wildman–Crippen LogP) is 12.2. The zero-order valence-corrected chi connectivity index (χ0v) is 46.8. The maximum atomic E-state index is 5.67. The summed E-state index contributed by atoms with van der Waals surface area (Å²) in [6.45, 7) is 0. The number of nitrogens with zero attached hydrogens (tertiary/aromatic N) is 5. The van der Waals surface area contributed by atoms with Gasteiger partial charge in [-0.2, -0.15) is 9.97 Å². The van der Waals surface area contributed by atoms with Crippen LogP contribution in [0.4, 0.5) is 0 Å². The quantitative estimate of drug-likeness (QED) is 0.0905. The smallest absolute Gasteiger partial charge is 0.238 e. The summed E-state index contributed by atoms with van der Waals surface area (Å²) in [4.78, 5) is 16.6. The third-order valence-electron chi connectivity index (χ3n) is 16.7. The summed E-state index contributed by atoms with van der Waals surface area (Å²) in [6, 6.07) is 118. The fourth-order valence-electron chi connectivity index (χ4n) is 13.2. The molecule has 15 rings (SSSR count). The van der Waals surface area contributed by atoms with E-state index in [0.29, 0.717) is 17.6 Å². The molecule has 3 aromatic heterocycles. The van der Waals surface area contributed by atoms with Crippen molar-refractivity contribution in [1.29, 1.82) is 0 Å². The Morgan fingerprint density at radius 2 is 0.646 bits per heavy atom. The number of hydrogen-bond acceptors (Lipinski definition) is 3. The van der Waals surface area contributed by atoms with Crippen molar-refractivity contribution < 1.29 is 0 Å². The number of aromatic nitrogens is 5. The average molecular weight is 1080 g/mol. The van der Waals surface area contributed by atoms with Crippen molar-refractivity contribution in [3.63, 3.8) is 0 Å². The van der Waals surface area contributed by atoms with Gasteiger partial charge in [-0.25, -0.2) is 4.98 Å². The van der Waals surface area contributed by atoms with E-state index in [9.17, 15) is 0 Å². The summed E-state index contributed by atoms with van der Waals surface area (Å²) in [6.07, 6.45) is 0. The monoisotopic (exact) mass is 1080 g/mol. The van der Waals surface area contributed by atoms with E-state index in [2.05, 4.69) is 325 Å². The molecule has 0 bridgehead atoms. The number of hydrogen-bond donors (Lipinski definition) is 0. The Labute approximate surface area is 478 Å². The molecule has 386 valence electrons. The van der Waals surface area contributed by atoms with E-state index in [0.717, 1.165) is 60.4 Å². The summed E-state index contributed by atoms with van der Waals surface area (Å²) in [5, 5.41) is 14.9. The number of rotatable bonds is 12. The highest BCUT2D eigenvalue weighted by atomic mass is 28.3. The van der Waals surface area contributed by atoms with Crippen molar-refractivity contribution in [1.82, 2.24) is 24.1 Å². The molecule has 0 aliphatic carbocycles. The first-order chi connectivity index (χ1) is 40.7. The molecule has 0 radical (unpaired) electrons. The minimum Gasteiger partial charge on any atom is -0.309 e. The van der Waals surface area contributed by atoms with E-state index in [4.69, 9.17) is 15.0 Å². The third-order valence-corrected chi connectivity index (χ3v) is 26.2. The molecule has 0 amide bonds. The van der Waals surface area contributed by atoms with Crippen LogP contribution in [0.5, 0.6) is 0 Å². The van der Waals surface area contributed by atoms with E-state index in [1.165, 1.54) is 41.5 Å². The Hall–Kier alpha value is -10.3. The standard InChI is InChI=1S/C75H53N5Si2/c1-9-28-54(29-10-1)73-76-74(55-30-27-45-63(52-55)81(57-33-13-3-14-34-57,58-35-15-4-16-36-58)59-37-17-5-18-38-59)78-75(77-73)80-68-47-26-25-46-65(68)66-50-51-69-71(72(66)80)67-49-48-64(53-70(67)79(69)56-31-11-2-12-32-56)82(60-39-19-6-20-40-60,61-41-21-7-22-42-61)62-43-23-8-24-44-62/h1-53H. The molecular formula is C75H53N5Si2. The highest BCUT2D eigenvalue weighted by Gasteiger charge is 2.43. The maximum absolute atomic E-state index is 5.67. The van der Waals surface area contributed by atoms with Crippen LogP contribution in [0.25, 0.3) is 78.0 Å². The van der Waals surface area contributed by atoms with Gasteiger partial charge >= 0.3 is 0 Å². The molecule has 0 N–H and O–H groups in total. The van der Waals surface area contributed by atoms with Crippen LogP contribution < -0.4 is 41.5 Å². The summed E-state index contributed by atoms with van der Waals surface area (Å²) in [5.41, 5.74) is 7.19. The molecule has 12 aromatic carbocycles. The first kappa shape index (κ1) is 48.8. The van der Waals surface area contributed by atoms with Gasteiger partial charge in [-0.1, -0.05) is 291 Å². The van der Waals surface area contributed by atoms with Gasteiger partial charge in [0.25, 0.3) is 0 Å². The number of benzene rings is 12. The Kier molecular flexibility index (Phi) is 12.1. The average Bonchev–Trinajstić information content (AvgIpc) is 2.66. The van der Waals surface area contributed by atoms with Crippen LogP contribution in [0.2, 0.25) is 0 Å². The molecule has 0 aliphatic rings. The summed E-state index contributed by atoms with van der Waals surface area (Å²) >= 11 is 0. The molecule has 0 saturated heterocycles. The van der Waals surface area contributed by atoms with Gasteiger partial charge in [0, 0.05) is 38.4 Å². The second-order valence-corrected chi connectivity index (χ2v) is 28.7. The molecule has 7 heteroatoms. The van der Waals surface area contributed by atoms with Gasteiger partial charge in [-0.3, -0.25) is 4.57 Å². The van der Waals surface area contributed by atoms with Gasteiger partial charge in [0.2, 0.25) is 5.95 Å². The molecule has 0 atom stereocenters. The van der Waals surface area contributed by atoms with Crippen LogP contribution in [0, 0.1) is 0 Å². The van der Waals surface area contributed by atoms with Gasteiger partial charge in [0.15, 0.2) is 27.8 Å². The highest BCUT2D eigenvalue weighted by molar-refractivity contribution is 7.20. The molecule has 0 aliphatic heterocycles. The lowest BCUT2D eigenvalue weighted by molar-refractivity contribution is 0.955. The largest absolute Gasteiger partial charge is 0.309 e. The molecule has 0 unspecified atom stereocenters. The SMILES string of the molecule is c1ccc(-c2nc(-c3cccc([Si](c4ccccc4)(c4ccccc4)c4ccccc4)c3)nc(-n3c4ccccc4c4ccc5c(c6ccc([Si](c7ccccc7)(c7ccccc7)c7ccccc7)cc6n5-c5ccccc5)c43)n2)cc1. The van der Waals surface area contributed by atoms with Gasteiger partial charge in [0.05, 0.1) is 22.1 Å². The summed E-state index contributed by atoms with van der Waals surface area (Å²) in [5.74, 6) is 1.75. The van der Waals surface area contributed by atoms with Gasteiger partial charge in [0.1, 0.15) is 0 Å². The van der Waals surface area contributed by atoms with Crippen molar-refractivity contribution in [2.45, 2.75) is 0 Å². The predicted molar refractivity (Wildman–Crippen MR) is 347 cm³/mol. The molecule has 82 heavy (non-hydrogen) atoms. The second-order valence-electron chi connectivity index (χ2n) is 21.0. The van der Waals surface area contributed by atoms with Crippen LogP contribution in [0.15, 0.2) is 322 Å². The molecule has 0 fully saturated rings. The van der Waals surface area contributed by atoms with E-state index in [1.807, 2.05) is 6.07 Å². The van der Waals surface area contributed by atoms with Crippen LogP contribution in [-0.2, 0) is 0 Å². The second kappa shape index (κ2) is 20.4. The highest BCUT2D eigenvalue weighted by Crippen LogP contribution is 2.42. The summed E-state index contributed by atoms with van der Waals surface area (Å²) < 4.78 is 4.78.